The first-order valence-corrected chi connectivity index (χ1v) is 14.4. The fourth-order valence-electron chi connectivity index (χ4n) is 4.93. The summed E-state index contributed by atoms with van der Waals surface area (Å²) in [6, 6.07) is 40.3. The van der Waals surface area contributed by atoms with Crippen molar-refractivity contribution < 1.29 is 22.7 Å². The Hall–Kier alpha value is -5.14. The zero-order valence-electron chi connectivity index (χ0n) is 21.8. The molecule has 0 radical (unpaired) electrons. The molecule has 0 saturated heterocycles. The van der Waals surface area contributed by atoms with Crippen LogP contribution < -0.4 is 4.31 Å². The van der Waals surface area contributed by atoms with Crippen LogP contribution in [0.4, 0.5) is 5.69 Å². The maximum absolute atomic E-state index is 14.3. The summed E-state index contributed by atoms with van der Waals surface area (Å²) >= 11 is 0. The van der Waals surface area contributed by atoms with Crippen LogP contribution >= 0.6 is 0 Å². The first-order chi connectivity index (χ1) is 19.9. The van der Waals surface area contributed by atoms with Gasteiger partial charge < -0.3 is 9.52 Å². The predicted octanol–water partition coefficient (Wildman–Crippen LogP) is 7.86. The zero-order valence-corrected chi connectivity index (χ0v) is 22.7. The summed E-state index contributed by atoms with van der Waals surface area (Å²) in [6.07, 6.45) is 0. The van der Waals surface area contributed by atoms with Crippen molar-refractivity contribution in [3.05, 3.63) is 145 Å². The molecular weight excluding hydrogens is 534 g/mol. The fourth-order valence-corrected chi connectivity index (χ4v) is 6.41. The van der Waals surface area contributed by atoms with E-state index in [1.54, 1.807) is 48.5 Å². The lowest BCUT2D eigenvalue weighted by molar-refractivity contribution is 0.0666. The molecule has 6 rings (SSSR count). The highest BCUT2D eigenvalue weighted by atomic mass is 32.2. The van der Waals surface area contributed by atoms with E-state index in [4.69, 9.17) is 4.42 Å². The molecule has 1 heterocycles. The maximum atomic E-state index is 14.3. The number of rotatable bonds is 8. The normalized spacial score (nSPS) is 11.4. The van der Waals surface area contributed by atoms with Crippen molar-refractivity contribution in [2.45, 2.75) is 11.4 Å². The Morgan fingerprint density at radius 2 is 1.22 bits per heavy atom. The van der Waals surface area contributed by atoms with Gasteiger partial charge in [0, 0.05) is 5.39 Å². The number of fused-ring (bicyclic) bond motifs is 1. The summed E-state index contributed by atoms with van der Waals surface area (Å²) in [5, 5.41) is 10.5. The largest absolute Gasteiger partial charge is 0.475 e. The summed E-state index contributed by atoms with van der Waals surface area (Å²) in [5.74, 6) is -1.79. The molecule has 1 N–H and O–H groups in total. The number of benzene rings is 5. The lowest BCUT2D eigenvalue weighted by atomic mass is 10.0. The fraction of sp³-hybridized carbons (Fsp3) is 0.0294. The van der Waals surface area contributed by atoms with Gasteiger partial charge in [-0.05, 0) is 58.1 Å². The van der Waals surface area contributed by atoms with Gasteiger partial charge in [-0.3, -0.25) is 4.31 Å². The van der Waals surface area contributed by atoms with E-state index < -0.39 is 21.8 Å². The van der Waals surface area contributed by atoms with Crippen LogP contribution in [0.3, 0.4) is 0 Å². The van der Waals surface area contributed by atoms with Crippen LogP contribution in [0.2, 0.25) is 0 Å². The Kier molecular flexibility index (Phi) is 6.87. The minimum Gasteiger partial charge on any atom is -0.475 e. The highest BCUT2D eigenvalue weighted by molar-refractivity contribution is 7.92. The van der Waals surface area contributed by atoms with Crippen LogP contribution in [-0.4, -0.2) is 19.5 Å². The third-order valence-electron chi connectivity index (χ3n) is 6.92. The highest BCUT2D eigenvalue weighted by Gasteiger charge is 2.33. The van der Waals surface area contributed by atoms with Gasteiger partial charge >= 0.3 is 5.97 Å². The highest BCUT2D eigenvalue weighted by Crippen LogP contribution is 2.38. The second-order valence-electron chi connectivity index (χ2n) is 9.55. The van der Waals surface area contributed by atoms with E-state index in [9.17, 15) is 18.3 Å². The summed E-state index contributed by atoms with van der Waals surface area (Å²) in [7, 11) is -4.24. The number of sulfonamides is 1. The van der Waals surface area contributed by atoms with Crippen molar-refractivity contribution in [2.75, 3.05) is 4.31 Å². The molecule has 0 amide bonds. The minimum absolute atomic E-state index is 0.00894. The van der Waals surface area contributed by atoms with Gasteiger partial charge in [-0.15, -0.1) is 0 Å². The van der Waals surface area contributed by atoms with Gasteiger partial charge in [0.15, 0.2) is 0 Å². The van der Waals surface area contributed by atoms with Crippen LogP contribution in [0.1, 0.15) is 16.1 Å². The van der Waals surface area contributed by atoms with Crippen LogP contribution in [0.15, 0.2) is 143 Å². The average Bonchev–Trinajstić information content (AvgIpc) is 3.40. The minimum atomic E-state index is -4.24. The molecule has 0 saturated carbocycles. The number of carbonyl (C=O) groups is 1. The molecular formula is C34H25NO5S. The van der Waals surface area contributed by atoms with E-state index in [1.165, 1.54) is 0 Å². The first kappa shape index (κ1) is 26.1. The van der Waals surface area contributed by atoms with Crippen LogP contribution in [0, 0.1) is 0 Å². The monoisotopic (exact) mass is 559 g/mol. The lowest BCUT2D eigenvalue weighted by Gasteiger charge is -2.25. The molecule has 0 fully saturated rings. The topological polar surface area (TPSA) is 87.8 Å². The van der Waals surface area contributed by atoms with Crippen molar-refractivity contribution in [3.8, 4) is 22.3 Å². The van der Waals surface area contributed by atoms with E-state index in [0.717, 1.165) is 26.6 Å². The van der Waals surface area contributed by atoms with E-state index in [1.807, 2.05) is 84.9 Å². The number of nitrogens with zero attached hydrogens (tertiary/aromatic N) is 1. The summed E-state index contributed by atoms with van der Waals surface area (Å²) in [5.41, 5.74) is 4.70. The van der Waals surface area contributed by atoms with Gasteiger partial charge in [-0.1, -0.05) is 103 Å². The first-order valence-electron chi connectivity index (χ1n) is 13.0. The standard InChI is InChI=1S/C34H25NO5S/c36-34(37)33-32(30-16-7-8-17-31(30)40-33)35(23-24-10-9-15-28(22-24)26-13-5-2-6-14-26)41(38,39)29-20-18-27(19-21-29)25-11-3-1-4-12-25/h1-22H,23H2,(H,36,37). The van der Waals surface area contributed by atoms with Gasteiger partial charge in [0.2, 0.25) is 5.76 Å². The van der Waals surface area contributed by atoms with Crippen molar-refractivity contribution >= 4 is 32.6 Å². The molecule has 202 valence electrons. The zero-order chi connectivity index (χ0) is 28.4. The number of furan rings is 1. The third-order valence-corrected chi connectivity index (χ3v) is 8.68. The number of para-hydroxylation sites is 1. The molecule has 1 aromatic heterocycles. The molecule has 0 aliphatic carbocycles. The molecule has 0 aliphatic heterocycles. The van der Waals surface area contributed by atoms with Crippen LogP contribution in [0.25, 0.3) is 33.2 Å². The number of aromatic carboxylic acids is 1. The molecule has 0 unspecified atom stereocenters. The molecule has 7 heteroatoms. The van der Waals surface area contributed by atoms with E-state index >= 15 is 0 Å². The molecule has 0 aliphatic rings. The number of hydrogen-bond donors (Lipinski definition) is 1. The predicted molar refractivity (Wildman–Crippen MR) is 160 cm³/mol. The van der Waals surface area contributed by atoms with Crippen molar-refractivity contribution in [2.24, 2.45) is 0 Å². The molecule has 5 aromatic carbocycles. The number of carboxylic acids is 1. The molecule has 0 spiro atoms. The lowest BCUT2D eigenvalue weighted by Crippen LogP contribution is -2.31. The van der Waals surface area contributed by atoms with Gasteiger partial charge in [-0.2, -0.15) is 0 Å². The SMILES string of the molecule is O=C(O)c1oc2ccccc2c1N(Cc1cccc(-c2ccccc2)c1)S(=O)(=O)c1ccc(-c2ccccc2)cc1. The van der Waals surface area contributed by atoms with Crippen molar-refractivity contribution in [1.82, 2.24) is 0 Å². The van der Waals surface area contributed by atoms with Gasteiger partial charge in [0.25, 0.3) is 10.0 Å². The second-order valence-corrected chi connectivity index (χ2v) is 11.4. The summed E-state index contributed by atoms with van der Waals surface area (Å²) in [4.78, 5) is 12.4. The summed E-state index contributed by atoms with van der Waals surface area (Å²) in [6.45, 7) is -0.104. The summed E-state index contributed by atoms with van der Waals surface area (Å²) < 4.78 is 35.5. The Labute approximate surface area is 237 Å². The van der Waals surface area contributed by atoms with Crippen molar-refractivity contribution in [1.29, 1.82) is 0 Å². The molecule has 41 heavy (non-hydrogen) atoms. The Bertz CT molecular complexity index is 1950. The molecule has 6 aromatic rings. The number of hydrogen-bond acceptors (Lipinski definition) is 4. The van der Waals surface area contributed by atoms with Crippen LogP contribution in [-0.2, 0) is 16.6 Å². The third kappa shape index (κ3) is 5.11. The van der Waals surface area contributed by atoms with Gasteiger partial charge in [-0.25, -0.2) is 13.2 Å². The van der Waals surface area contributed by atoms with Gasteiger partial charge in [0.05, 0.1) is 11.4 Å². The Morgan fingerprint density at radius 1 is 0.659 bits per heavy atom. The molecule has 0 bridgehead atoms. The Balaban J connectivity index is 1.49. The van der Waals surface area contributed by atoms with Crippen molar-refractivity contribution in [3.63, 3.8) is 0 Å². The van der Waals surface area contributed by atoms with Crippen LogP contribution in [0.5, 0.6) is 0 Å². The molecule has 0 atom stereocenters. The molecule has 6 nitrogen and oxygen atoms in total. The smallest absolute Gasteiger partial charge is 0.374 e. The Morgan fingerprint density at radius 3 is 1.88 bits per heavy atom. The maximum Gasteiger partial charge on any atom is 0.374 e. The second kappa shape index (κ2) is 10.8. The van der Waals surface area contributed by atoms with E-state index in [-0.39, 0.29) is 22.7 Å². The average molecular weight is 560 g/mol. The number of anilines is 1. The number of carboxylic acid groups (broad SMARTS) is 1. The van der Waals surface area contributed by atoms with E-state index in [0.29, 0.717) is 10.9 Å². The van der Waals surface area contributed by atoms with Gasteiger partial charge in [0.1, 0.15) is 11.3 Å². The quantitative estimate of drug-likeness (QED) is 0.205. The van der Waals surface area contributed by atoms with E-state index in [2.05, 4.69) is 0 Å².